The lowest BCUT2D eigenvalue weighted by Gasteiger charge is -2.01. The van der Waals surface area contributed by atoms with E-state index in [9.17, 15) is 18.9 Å². The van der Waals surface area contributed by atoms with E-state index in [1.165, 1.54) is 6.92 Å². The lowest BCUT2D eigenvalue weighted by molar-refractivity contribution is -0.390. The Kier molecular flexibility index (Phi) is 3.29. The second-order valence-electron chi connectivity index (χ2n) is 2.54. The standard InChI is InChI=1S/C7H5F2IN2O2/c1-3-4(10)2-5(6(8)9)11-7(3)12(13)14/h2,6H,1H3. The van der Waals surface area contributed by atoms with Crippen molar-refractivity contribution in [3.63, 3.8) is 0 Å². The molecule has 76 valence electrons. The maximum atomic E-state index is 12.2. The van der Waals surface area contributed by atoms with Gasteiger partial charge in [0, 0.05) is 9.64 Å². The first-order valence-electron chi connectivity index (χ1n) is 3.53. The monoisotopic (exact) mass is 314 g/mol. The van der Waals surface area contributed by atoms with Crippen LogP contribution in [0.15, 0.2) is 6.07 Å². The molecule has 0 spiro atoms. The molecule has 0 unspecified atom stereocenters. The highest BCUT2D eigenvalue weighted by molar-refractivity contribution is 14.1. The molecule has 1 heterocycles. The molecule has 0 radical (unpaired) electrons. The van der Waals surface area contributed by atoms with Gasteiger partial charge in [-0.2, -0.15) is 0 Å². The molecule has 4 nitrogen and oxygen atoms in total. The number of hydrogen-bond acceptors (Lipinski definition) is 3. The third-order valence-corrected chi connectivity index (χ3v) is 2.72. The van der Waals surface area contributed by atoms with Gasteiger partial charge >= 0.3 is 12.2 Å². The first-order chi connectivity index (χ1) is 6.43. The molecule has 1 aromatic heterocycles. The number of halogens is 3. The highest BCUT2D eigenvalue weighted by Gasteiger charge is 2.23. The maximum Gasteiger partial charge on any atom is 0.367 e. The van der Waals surface area contributed by atoms with Crippen molar-refractivity contribution in [1.29, 1.82) is 0 Å². The normalized spacial score (nSPS) is 10.6. The van der Waals surface area contributed by atoms with E-state index in [4.69, 9.17) is 0 Å². The van der Waals surface area contributed by atoms with E-state index in [2.05, 4.69) is 4.98 Å². The van der Waals surface area contributed by atoms with Gasteiger partial charge in [-0.05, 0) is 39.4 Å². The number of nitro groups is 1. The van der Waals surface area contributed by atoms with Gasteiger partial charge < -0.3 is 10.1 Å². The molecule has 0 fully saturated rings. The fourth-order valence-corrected chi connectivity index (χ4v) is 1.43. The van der Waals surface area contributed by atoms with E-state index in [1.54, 1.807) is 22.6 Å². The van der Waals surface area contributed by atoms with E-state index in [0.29, 0.717) is 9.13 Å². The van der Waals surface area contributed by atoms with Crippen molar-refractivity contribution in [2.45, 2.75) is 13.3 Å². The molecule has 0 aliphatic carbocycles. The lowest BCUT2D eigenvalue weighted by atomic mass is 10.2. The number of alkyl halides is 2. The molecule has 0 aliphatic rings. The average molecular weight is 314 g/mol. The Morgan fingerprint density at radius 1 is 1.64 bits per heavy atom. The molecule has 0 aromatic carbocycles. The summed E-state index contributed by atoms with van der Waals surface area (Å²) >= 11 is 1.76. The maximum absolute atomic E-state index is 12.2. The summed E-state index contributed by atoms with van der Waals surface area (Å²) in [5.74, 6) is -0.507. The molecule has 0 amide bonds. The van der Waals surface area contributed by atoms with E-state index in [0.717, 1.165) is 6.07 Å². The zero-order chi connectivity index (χ0) is 10.9. The fraction of sp³-hybridized carbons (Fsp3) is 0.286. The van der Waals surface area contributed by atoms with Crippen LogP contribution in [0.1, 0.15) is 17.7 Å². The van der Waals surface area contributed by atoms with Gasteiger partial charge in [-0.25, -0.2) is 8.78 Å². The van der Waals surface area contributed by atoms with Gasteiger partial charge in [0.05, 0.1) is 5.56 Å². The summed E-state index contributed by atoms with van der Waals surface area (Å²) in [5, 5.41) is 10.4. The summed E-state index contributed by atoms with van der Waals surface area (Å²) < 4.78 is 24.9. The summed E-state index contributed by atoms with van der Waals surface area (Å²) in [7, 11) is 0. The van der Waals surface area contributed by atoms with Crippen LogP contribution in [0.2, 0.25) is 0 Å². The zero-order valence-corrected chi connectivity index (χ0v) is 9.16. The summed E-state index contributed by atoms with van der Waals surface area (Å²) in [6.07, 6.45) is -2.79. The predicted octanol–water partition coefficient (Wildman–Crippen LogP) is 2.84. The molecular formula is C7H5F2IN2O2. The van der Waals surface area contributed by atoms with Crippen molar-refractivity contribution >= 4 is 28.4 Å². The zero-order valence-electron chi connectivity index (χ0n) is 7.00. The topological polar surface area (TPSA) is 56.0 Å². The Balaban J connectivity index is 3.35. The van der Waals surface area contributed by atoms with Crippen LogP contribution in [0, 0.1) is 20.6 Å². The molecule has 0 saturated heterocycles. The van der Waals surface area contributed by atoms with E-state index < -0.39 is 22.9 Å². The van der Waals surface area contributed by atoms with Crippen molar-refractivity contribution < 1.29 is 13.7 Å². The van der Waals surface area contributed by atoms with Crippen LogP contribution in [-0.2, 0) is 0 Å². The van der Waals surface area contributed by atoms with E-state index in [1.807, 2.05) is 0 Å². The van der Waals surface area contributed by atoms with Crippen LogP contribution in [0.5, 0.6) is 0 Å². The Morgan fingerprint density at radius 3 is 2.64 bits per heavy atom. The SMILES string of the molecule is Cc1c(I)cc(C(F)F)nc1[N+](=O)[O-]. The summed E-state index contributed by atoms with van der Waals surface area (Å²) in [4.78, 5) is 13.0. The van der Waals surface area contributed by atoms with Gasteiger partial charge in [-0.1, -0.05) is 0 Å². The second kappa shape index (κ2) is 4.11. The van der Waals surface area contributed by atoms with E-state index >= 15 is 0 Å². The first kappa shape index (κ1) is 11.2. The van der Waals surface area contributed by atoms with Crippen LogP contribution < -0.4 is 0 Å². The third-order valence-electron chi connectivity index (χ3n) is 1.60. The molecule has 1 aromatic rings. The van der Waals surface area contributed by atoms with Gasteiger partial charge in [0.1, 0.15) is 0 Å². The van der Waals surface area contributed by atoms with Crippen molar-refractivity contribution in [3.8, 4) is 0 Å². The van der Waals surface area contributed by atoms with Crippen molar-refractivity contribution in [2.24, 2.45) is 0 Å². The van der Waals surface area contributed by atoms with Gasteiger partial charge in [0.15, 0.2) is 0 Å². The van der Waals surface area contributed by atoms with Crippen molar-refractivity contribution in [3.05, 3.63) is 31.0 Å². The van der Waals surface area contributed by atoms with Crippen LogP contribution in [0.4, 0.5) is 14.6 Å². The molecule has 0 N–H and O–H groups in total. The van der Waals surface area contributed by atoms with Gasteiger partial charge in [0.25, 0.3) is 0 Å². The van der Waals surface area contributed by atoms with Gasteiger partial charge in [-0.3, -0.25) is 0 Å². The molecular weight excluding hydrogens is 309 g/mol. The summed E-state index contributed by atoms with van der Waals surface area (Å²) in [6.45, 7) is 1.47. The minimum Gasteiger partial charge on any atom is -0.358 e. The fourth-order valence-electron chi connectivity index (χ4n) is 0.873. The van der Waals surface area contributed by atoms with Crippen LogP contribution in [0.25, 0.3) is 0 Å². The van der Waals surface area contributed by atoms with Crippen molar-refractivity contribution in [1.82, 2.24) is 4.98 Å². The Labute approximate surface area is 91.6 Å². The first-order valence-corrected chi connectivity index (χ1v) is 4.61. The molecule has 0 bridgehead atoms. The number of pyridine rings is 1. The smallest absolute Gasteiger partial charge is 0.358 e. The quantitative estimate of drug-likeness (QED) is 0.479. The van der Waals surface area contributed by atoms with Crippen molar-refractivity contribution in [2.75, 3.05) is 0 Å². The number of nitrogens with zero attached hydrogens (tertiary/aromatic N) is 2. The largest absolute Gasteiger partial charge is 0.367 e. The molecule has 14 heavy (non-hydrogen) atoms. The highest BCUT2D eigenvalue weighted by atomic mass is 127. The van der Waals surface area contributed by atoms with Gasteiger partial charge in [-0.15, -0.1) is 0 Å². The van der Waals surface area contributed by atoms with Gasteiger partial charge in [0.2, 0.25) is 5.69 Å². The minimum atomic E-state index is -2.79. The van der Waals surface area contributed by atoms with Crippen LogP contribution in [-0.4, -0.2) is 9.91 Å². The molecule has 7 heteroatoms. The number of rotatable bonds is 2. The Hall–Kier alpha value is -0.860. The molecule has 1 rings (SSSR count). The molecule has 0 atom stereocenters. The highest BCUT2D eigenvalue weighted by Crippen LogP contribution is 2.26. The average Bonchev–Trinajstić information content (AvgIpc) is 2.08. The number of aromatic nitrogens is 1. The second-order valence-corrected chi connectivity index (χ2v) is 3.70. The Morgan fingerprint density at radius 2 is 2.21 bits per heavy atom. The van der Waals surface area contributed by atoms with Crippen LogP contribution >= 0.6 is 22.6 Å². The summed E-state index contributed by atoms with van der Waals surface area (Å²) in [6, 6.07) is 1.15. The van der Waals surface area contributed by atoms with Crippen LogP contribution in [0.3, 0.4) is 0 Å². The predicted molar refractivity (Wildman–Crippen MR) is 53.3 cm³/mol. The lowest BCUT2D eigenvalue weighted by Crippen LogP contribution is -2.01. The van der Waals surface area contributed by atoms with E-state index in [-0.39, 0.29) is 0 Å². The Bertz CT molecular complexity index is 384. The minimum absolute atomic E-state index is 0.306. The summed E-state index contributed by atoms with van der Waals surface area (Å²) in [5.41, 5.74) is -0.258. The number of hydrogen-bond donors (Lipinski definition) is 0. The third kappa shape index (κ3) is 2.14. The molecule has 0 saturated carbocycles. The molecule has 0 aliphatic heterocycles.